The quantitative estimate of drug-likeness (QED) is 0.895. The van der Waals surface area contributed by atoms with Crippen molar-refractivity contribution in [3.05, 3.63) is 51.7 Å². The van der Waals surface area contributed by atoms with Gasteiger partial charge >= 0.3 is 0 Å². The maximum atomic E-state index is 5.47. The van der Waals surface area contributed by atoms with Gasteiger partial charge in [0.05, 0.1) is 7.11 Å². The van der Waals surface area contributed by atoms with E-state index in [9.17, 15) is 0 Å². The molecule has 0 spiro atoms. The summed E-state index contributed by atoms with van der Waals surface area (Å²) in [5.41, 5.74) is 2.74. The molecule has 3 heteroatoms. The third kappa shape index (κ3) is 2.60. The molecule has 1 aliphatic rings. The second kappa shape index (κ2) is 5.98. The third-order valence-corrected chi connectivity index (χ3v) is 5.11. The molecule has 0 saturated heterocycles. The molecular formula is C17H21NOS. The Bertz CT molecular complexity index is 578. The highest BCUT2D eigenvalue weighted by Gasteiger charge is 2.23. The maximum absolute atomic E-state index is 5.47. The fourth-order valence-corrected chi connectivity index (χ4v) is 4.06. The van der Waals surface area contributed by atoms with E-state index in [2.05, 4.69) is 35.8 Å². The monoisotopic (exact) mass is 287 g/mol. The normalized spacial score (nSPS) is 19.4. The standard InChI is InChI=1S/C17H21NOS/c1-12(13-6-3-4-8-16(13)19-2)18-15-7-5-9-17-14(15)10-11-20-17/h3-4,6,8,10-12,15,18H,5,7,9H2,1-2H3/t12-,15?/m0/s1. The van der Waals surface area contributed by atoms with Crippen molar-refractivity contribution in [2.75, 3.05) is 7.11 Å². The van der Waals surface area contributed by atoms with Crippen LogP contribution in [0.4, 0.5) is 0 Å². The largest absolute Gasteiger partial charge is 0.496 e. The molecule has 1 unspecified atom stereocenters. The average Bonchev–Trinajstić information content (AvgIpc) is 2.96. The molecule has 1 aromatic carbocycles. The summed E-state index contributed by atoms with van der Waals surface area (Å²) in [4.78, 5) is 1.56. The fraction of sp³-hybridized carbons (Fsp3) is 0.412. The number of hydrogen-bond acceptors (Lipinski definition) is 3. The zero-order chi connectivity index (χ0) is 13.9. The molecular weight excluding hydrogens is 266 g/mol. The average molecular weight is 287 g/mol. The van der Waals surface area contributed by atoms with Crippen LogP contribution in [0.25, 0.3) is 0 Å². The van der Waals surface area contributed by atoms with Gasteiger partial charge in [-0.15, -0.1) is 11.3 Å². The van der Waals surface area contributed by atoms with E-state index in [1.54, 1.807) is 12.0 Å². The summed E-state index contributed by atoms with van der Waals surface area (Å²) in [7, 11) is 1.74. The van der Waals surface area contributed by atoms with Gasteiger partial charge in [-0.2, -0.15) is 0 Å². The first-order chi connectivity index (χ1) is 9.79. The number of aryl methyl sites for hydroxylation is 1. The summed E-state index contributed by atoms with van der Waals surface area (Å²) in [6, 6.07) is 11.3. The first-order valence-corrected chi connectivity index (χ1v) is 8.13. The van der Waals surface area contributed by atoms with Crippen molar-refractivity contribution in [2.24, 2.45) is 0 Å². The first-order valence-electron chi connectivity index (χ1n) is 7.25. The highest BCUT2D eigenvalue weighted by molar-refractivity contribution is 7.10. The molecule has 2 atom stereocenters. The summed E-state index contributed by atoms with van der Waals surface area (Å²) in [6.45, 7) is 2.22. The van der Waals surface area contributed by atoms with Gasteiger partial charge in [0.1, 0.15) is 5.75 Å². The zero-order valence-electron chi connectivity index (χ0n) is 12.1. The lowest BCUT2D eigenvalue weighted by Gasteiger charge is -2.28. The Kier molecular flexibility index (Phi) is 4.08. The number of nitrogens with one attached hydrogen (secondary N) is 1. The lowest BCUT2D eigenvalue weighted by molar-refractivity contribution is 0.383. The van der Waals surface area contributed by atoms with Crippen LogP contribution in [0.5, 0.6) is 5.75 Å². The molecule has 1 aliphatic carbocycles. The van der Waals surface area contributed by atoms with Gasteiger partial charge < -0.3 is 10.1 Å². The van der Waals surface area contributed by atoms with E-state index in [1.165, 1.54) is 30.4 Å². The third-order valence-electron chi connectivity index (χ3n) is 4.11. The molecule has 3 rings (SSSR count). The topological polar surface area (TPSA) is 21.3 Å². The Labute approximate surface area is 124 Å². The van der Waals surface area contributed by atoms with E-state index in [-0.39, 0.29) is 0 Å². The van der Waals surface area contributed by atoms with Gasteiger partial charge in [-0.25, -0.2) is 0 Å². The molecule has 1 N–H and O–H groups in total. The predicted octanol–water partition coefficient (Wildman–Crippen LogP) is 4.48. The second-order valence-electron chi connectivity index (χ2n) is 5.37. The van der Waals surface area contributed by atoms with E-state index in [1.807, 2.05) is 23.5 Å². The number of rotatable bonds is 4. The minimum Gasteiger partial charge on any atom is -0.496 e. The Balaban J connectivity index is 1.79. The number of thiophene rings is 1. The molecule has 2 aromatic rings. The van der Waals surface area contributed by atoms with Crippen LogP contribution in [0, 0.1) is 0 Å². The summed E-state index contributed by atoms with van der Waals surface area (Å²) >= 11 is 1.89. The molecule has 2 nitrogen and oxygen atoms in total. The molecule has 1 aromatic heterocycles. The van der Waals surface area contributed by atoms with E-state index in [4.69, 9.17) is 4.74 Å². The van der Waals surface area contributed by atoms with Crippen molar-refractivity contribution in [1.29, 1.82) is 0 Å². The molecule has 0 amide bonds. The number of fused-ring (bicyclic) bond motifs is 1. The molecule has 0 radical (unpaired) electrons. The molecule has 1 heterocycles. The van der Waals surface area contributed by atoms with Gasteiger partial charge in [-0.05, 0) is 49.3 Å². The Morgan fingerprint density at radius 2 is 2.15 bits per heavy atom. The Morgan fingerprint density at radius 1 is 1.30 bits per heavy atom. The zero-order valence-corrected chi connectivity index (χ0v) is 12.9. The SMILES string of the molecule is COc1ccccc1[C@H](C)NC1CCCc2sccc21. The van der Waals surface area contributed by atoms with E-state index < -0.39 is 0 Å². The molecule has 0 aliphatic heterocycles. The summed E-state index contributed by atoms with van der Waals surface area (Å²) < 4.78 is 5.47. The maximum Gasteiger partial charge on any atom is 0.123 e. The number of ether oxygens (including phenoxy) is 1. The van der Waals surface area contributed by atoms with Crippen molar-refractivity contribution in [3.8, 4) is 5.75 Å². The van der Waals surface area contributed by atoms with Crippen LogP contribution in [0.3, 0.4) is 0 Å². The number of methoxy groups -OCH3 is 1. The van der Waals surface area contributed by atoms with Crippen LogP contribution in [-0.4, -0.2) is 7.11 Å². The van der Waals surface area contributed by atoms with Crippen LogP contribution in [0.2, 0.25) is 0 Å². The van der Waals surface area contributed by atoms with Gasteiger partial charge in [0.15, 0.2) is 0 Å². The minimum atomic E-state index is 0.294. The van der Waals surface area contributed by atoms with Gasteiger partial charge in [-0.1, -0.05) is 18.2 Å². The molecule has 0 bridgehead atoms. The van der Waals surface area contributed by atoms with Gasteiger partial charge in [0.2, 0.25) is 0 Å². The van der Waals surface area contributed by atoms with Gasteiger partial charge in [0.25, 0.3) is 0 Å². The van der Waals surface area contributed by atoms with Crippen LogP contribution in [0.15, 0.2) is 35.7 Å². The van der Waals surface area contributed by atoms with Crippen LogP contribution in [0.1, 0.15) is 47.9 Å². The smallest absolute Gasteiger partial charge is 0.123 e. The molecule has 20 heavy (non-hydrogen) atoms. The van der Waals surface area contributed by atoms with E-state index in [0.29, 0.717) is 12.1 Å². The highest BCUT2D eigenvalue weighted by Crippen LogP contribution is 2.35. The lowest BCUT2D eigenvalue weighted by Crippen LogP contribution is -2.27. The second-order valence-corrected chi connectivity index (χ2v) is 6.37. The number of hydrogen-bond donors (Lipinski definition) is 1. The predicted molar refractivity (Wildman–Crippen MR) is 84.5 cm³/mol. The summed E-state index contributed by atoms with van der Waals surface area (Å²) in [5.74, 6) is 0.967. The summed E-state index contributed by atoms with van der Waals surface area (Å²) in [6.07, 6.45) is 3.75. The molecule has 106 valence electrons. The van der Waals surface area contributed by atoms with Crippen molar-refractivity contribution in [1.82, 2.24) is 5.32 Å². The fourth-order valence-electron chi connectivity index (χ4n) is 3.08. The minimum absolute atomic E-state index is 0.294. The van der Waals surface area contributed by atoms with Gasteiger partial charge in [0, 0.05) is 22.5 Å². The summed E-state index contributed by atoms with van der Waals surface area (Å²) in [5, 5.41) is 6.00. The Hall–Kier alpha value is -1.32. The van der Waals surface area contributed by atoms with E-state index in [0.717, 1.165) is 5.75 Å². The van der Waals surface area contributed by atoms with Gasteiger partial charge in [-0.3, -0.25) is 0 Å². The molecule has 0 saturated carbocycles. The lowest BCUT2D eigenvalue weighted by atomic mass is 9.92. The highest BCUT2D eigenvalue weighted by atomic mass is 32.1. The molecule has 0 fully saturated rings. The van der Waals surface area contributed by atoms with Crippen molar-refractivity contribution in [2.45, 2.75) is 38.3 Å². The number of para-hydroxylation sites is 1. The van der Waals surface area contributed by atoms with Crippen LogP contribution < -0.4 is 10.1 Å². The van der Waals surface area contributed by atoms with Crippen molar-refractivity contribution < 1.29 is 4.74 Å². The van der Waals surface area contributed by atoms with E-state index >= 15 is 0 Å². The Morgan fingerprint density at radius 3 is 3.00 bits per heavy atom. The first kappa shape index (κ1) is 13.7. The van der Waals surface area contributed by atoms with Crippen molar-refractivity contribution in [3.63, 3.8) is 0 Å². The van der Waals surface area contributed by atoms with Crippen LogP contribution >= 0.6 is 11.3 Å². The van der Waals surface area contributed by atoms with Crippen molar-refractivity contribution >= 4 is 11.3 Å². The number of benzene rings is 1. The van der Waals surface area contributed by atoms with Crippen LogP contribution in [-0.2, 0) is 6.42 Å².